The second-order valence-corrected chi connectivity index (χ2v) is 5.82. The molecule has 0 saturated heterocycles. The lowest BCUT2D eigenvalue weighted by Gasteiger charge is -2.13. The molecule has 1 atom stereocenters. The number of fused-ring (bicyclic) bond motifs is 1. The van der Waals surface area contributed by atoms with Gasteiger partial charge < -0.3 is 15.2 Å². The van der Waals surface area contributed by atoms with E-state index in [4.69, 9.17) is 21.4 Å². The molecule has 1 aromatic carbocycles. The predicted molar refractivity (Wildman–Crippen MR) is 82.2 cm³/mol. The van der Waals surface area contributed by atoms with E-state index in [1.54, 1.807) is 0 Å². The van der Waals surface area contributed by atoms with Gasteiger partial charge in [-0.1, -0.05) is 29.8 Å². The van der Waals surface area contributed by atoms with Crippen molar-refractivity contribution in [2.45, 2.75) is 12.5 Å². The van der Waals surface area contributed by atoms with Crippen molar-refractivity contribution in [2.24, 2.45) is 0 Å². The number of ether oxygens (including phenoxy) is 1. The molecule has 0 saturated carbocycles. The number of amides is 1. The first-order valence-electron chi connectivity index (χ1n) is 6.24. The number of halogens is 1. The van der Waals surface area contributed by atoms with Crippen LogP contribution in [0.1, 0.15) is 16.1 Å². The third-order valence-corrected chi connectivity index (χ3v) is 4.63. The smallest absolute Gasteiger partial charge is 0.326 e. The van der Waals surface area contributed by atoms with Gasteiger partial charge in [-0.15, -0.1) is 11.3 Å². The number of carbonyl (C=O) groups is 2. The van der Waals surface area contributed by atoms with Crippen LogP contribution in [0.15, 0.2) is 24.3 Å². The highest BCUT2D eigenvalue weighted by atomic mass is 35.5. The Morgan fingerprint density at radius 3 is 2.76 bits per heavy atom. The number of hydrogen-bond donors (Lipinski definition) is 2. The van der Waals surface area contributed by atoms with Crippen molar-refractivity contribution in [1.82, 2.24) is 5.32 Å². The van der Waals surface area contributed by atoms with Crippen molar-refractivity contribution < 1.29 is 19.4 Å². The fraction of sp³-hybridized carbons (Fsp3) is 0.286. The fourth-order valence-corrected chi connectivity index (χ4v) is 3.30. The molecule has 2 aromatic rings. The number of carbonyl (C=O) groups excluding carboxylic acids is 1. The van der Waals surface area contributed by atoms with Crippen molar-refractivity contribution in [3.63, 3.8) is 0 Å². The molecular formula is C14H14ClNO4S. The molecule has 0 bridgehead atoms. The van der Waals surface area contributed by atoms with E-state index in [1.165, 1.54) is 18.4 Å². The number of hydrogen-bond acceptors (Lipinski definition) is 4. The van der Waals surface area contributed by atoms with Crippen LogP contribution in [0.25, 0.3) is 10.1 Å². The predicted octanol–water partition coefficient (Wildman–Crippen LogP) is 2.77. The third-order valence-electron chi connectivity index (χ3n) is 2.96. The van der Waals surface area contributed by atoms with Gasteiger partial charge in [-0.25, -0.2) is 4.79 Å². The van der Waals surface area contributed by atoms with Gasteiger partial charge in [0, 0.05) is 30.2 Å². The Morgan fingerprint density at radius 2 is 2.14 bits per heavy atom. The minimum atomic E-state index is -1.10. The molecule has 1 unspecified atom stereocenters. The molecule has 2 rings (SSSR count). The highest BCUT2D eigenvalue weighted by Gasteiger charge is 2.23. The van der Waals surface area contributed by atoms with Gasteiger partial charge in [-0.2, -0.15) is 0 Å². The molecule has 0 aliphatic carbocycles. The van der Waals surface area contributed by atoms with E-state index in [2.05, 4.69) is 5.32 Å². The topological polar surface area (TPSA) is 75.6 Å². The van der Waals surface area contributed by atoms with Crippen molar-refractivity contribution in [1.29, 1.82) is 0 Å². The summed E-state index contributed by atoms with van der Waals surface area (Å²) in [6, 6.07) is 6.38. The number of carboxylic acid groups (broad SMARTS) is 1. The molecule has 7 heteroatoms. The summed E-state index contributed by atoms with van der Waals surface area (Å²) in [4.78, 5) is 23.7. The van der Waals surface area contributed by atoms with E-state index in [9.17, 15) is 9.59 Å². The van der Waals surface area contributed by atoms with Crippen LogP contribution in [0.5, 0.6) is 0 Å². The molecule has 0 radical (unpaired) electrons. The minimum absolute atomic E-state index is 0.195. The second-order valence-electron chi connectivity index (χ2n) is 4.39. The number of aliphatic carboxylic acids is 1. The maximum atomic E-state index is 12.2. The molecule has 21 heavy (non-hydrogen) atoms. The monoisotopic (exact) mass is 327 g/mol. The molecule has 0 fully saturated rings. The van der Waals surface area contributed by atoms with Gasteiger partial charge in [0.2, 0.25) is 0 Å². The Labute approximate surface area is 130 Å². The Kier molecular flexibility index (Phi) is 5.17. The van der Waals surface area contributed by atoms with Crippen molar-refractivity contribution in [3.8, 4) is 0 Å². The first-order valence-corrected chi connectivity index (χ1v) is 7.43. The van der Waals surface area contributed by atoms with Crippen molar-refractivity contribution >= 4 is 44.9 Å². The quantitative estimate of drug-likeness (QED) is 0.855. The van der Waals surface area contributed by atoms with Crippen LogP contribution in [0.3, 0.4) is 0 Å². The molecule has 0 aliphatic heterocycles. The van der Waals surface area contributed by atoms with E-state index in [1.807, 2.05) is 24.3 Å². The summed E-state index contributed by atoms with van der Waals surface area (Å²) in [6.07, 6.45) is 0.195. The third kappa shape index (κ3) is 3.53. The standard InChI is InChI=1S/C14H14ClNO4S/c1-20-7-6-9(14(18)19)16-13(17)12-11(15)8-4-2-3-5-10(8)21-12/h2-5,9H,6-7H2,1H3,(H,16,17)(H,18,19). The van der Waals surface area contributed by atoms with E-state index in [-0.39, 0.29) is 13.0 Å². The molecule has 1 aromatic heterocycles. The van der Waals surface area contributed by atoms with Crippen LogP contribution in [-0.4, -0.2) is 36.7 Å². The lowest BCUT2D eigenvalue weighted by molar-refractivity contribution is -0.139. The molecule has 0 aliphatic rings. The van der Waals surface area contributed by atoms with Gasteiger partial charge in [0.1, 0.15) is 10.9 Å². The number of carboxylic acids is 1. The number of methoxy groups -OCH3 is 1. The average molecular weight is 328 g/mol. The first kappa shape index (κ1) is 15.8. The van der Waals surface area contributed by atoms with Crippen LogP contribution in [-0.2, 0) is 9.53 Å². The summed E-state index contributed by atoms with van der Waals surface area (Å²) < 4.78 is 5.73. The Morgan fingerprint density at radius 1 is 1.43 bits per heavy atom. The van der Waals surface area contributed by atoms with Gasteiger partial charge in [0.25, 0.3) is 5.91 Å². The molecule has 0 spiro atoms. The highest BCUT2D eigenvalue weighted by Crippen LogP contribution is 2.35. The largest absolute Gasteiger partial charge is 0.480 e. The van der Waals surface area contributed by atoms with E-state index < -0.39 is 17.9 Å². The molecule has 2 N–H and O–H groups in total. The van der Waals surface area contributed by atoms with E-state index in [0.29, 0.717) is 9.90 Å². The number of thiophene rings is 1. The van der Waals surface area contributed by atoms with Crippen LogP contribution < -0.4 is 5.32 Å². The maximum absolute atomic E-state index is 12.2. The molecule has 1 heterocycles. The number of nitrogens with one attached hydrogen (secondary N) is 1. The highest BCUT2D eigenvalue weighted by molar-refractivity contribution is 7.21. The van der Waals surface area contributed by atoms with Gasteiger partial charge in [-0.3, -0.25) is 4.79 Å². The molecular weight excluding hydrogens is 314 g/mol. The maximum Gasteiger partial charge on any atom is 0.326 e. The van der Waals surface area contributed by atoms with Gasteiger partial charge in [-0.05, 0) is 6.07 Å². The molecule has 5 nitrogen and oxygen atoms in total. The van der Waals surface area contributed by atoms with Crippen LogP contribution in [0.4, 0.5) is 0 Å². The number of rotatable bonds is 6. The van der Waals surface area contributed by atoms with Crippen LogP contribution in [0.2, 0.25) is 5.02 Å². The van der Waals surface area contributed by atoms with Crippen molar-refractivity contribution in [3.05, 3.63) is 34.2 Å². The summed E-state index contributed by atoms with van der Waals surface area (Å²) >= 11 is 7.44. The molecule has 112 valence electrons. The zero-order chi connectivity index (χ0) is 15.4. The van der Waals surface area contributed by atoms with Crippen LogP contribution in [0, 0.1) is 0 Å². The summed E-state index contributed by atoms with van der Waals surface area (Å²) in [5, 5.41) is 12.7. The average Bonchev–Trinajstić information content (AvgIpc) is 2.81. The Hall–Kier alpha value is -1.63. The minimum Gasteiger partial charge on any atom is -0.480 e. The van der Waals surface area contributed by atoms with Crippen LogP contribution >= 0.6 is 22.9 Å². The van der Waals surface area contributed by atoms with E-state index in [0.717, 1.165) is 10.1 Å². The summed E-state index contributed by atoms with van der Waals surface area (Å²) in [6.45, 7) is 0.247. The first-order chi connectivity index (χ1) is 10.0. The fourth-order valence-electron chi connectivity index (χ4n) is 1.88. The zero-order valence-electron chi connectivity index (χ0n) is 11.3. The zero-order valence-corrected chi connectivity index (χ0v) is 12.8. The number of benzene rings is 1. The van der Waals surface area contributed by atoms with Gasteiger partial charge in [0.15, 0.2) is 0 Å². The summed E-state index contributed by atoms with van der Waals surface area (Å²) in [5.41, 5.74) is 0. The normalized spacial score (nSPS) is 12.3. The van der Waals surface area contributed by atoms with Gasteiger partial charge in [0.05, 0.1) is 5.02 Å². The second kappa shape index (κ2) is 6.89. The Balaban J connectivity index is 2.21. The van der Waals surface area contributed by atoms with Gasteiger partial charge >= 0.3 is 5.97 Å². The van der Waals surface area contributed by atoms with Crippen molar-refractivity contribution in [2.75, 3.05) is 13.7 Å². The summed E-state index contributed by atoms with van der Waals surface area (Å²) in [5.74, 6) is -1.58. The Bertz CT molecular complexity index is 670. The SMILES string of the molecule is COCCC(NC(=O)c1sc2ccccc2c1Cl)C(=O)O. The summed E-state index contributed by atoms with van der Waals surface area (Å²) in [7, 11) is 1.48. The lowest BCUT2D eigenvalue weighted by Crippen LogP contribution is -2.41. The lowest BCUT2D eigenvalue weighted by atomic mass is 10.2. The van der Waals surface area contributed by atoms with E-state index >= 15 is 0 Å². The molecule has 1 amide bonds.